The Morgan fingerprint density at radius 2 is 2.54 bits per heavy atom. The molecule has 0 saturated carbocycles. The second-order valence-corrected chi connectivity index (χ2v) is 3.26. The zero-order chi connectivity index (χ0) is 9.68. The summed E-state index contributed by atoms with van der Waals surface area (Å²) >= 11 is 0. The van der Waals surface area contributed by atoms with E-state index < -0.39 is 0 Å². The summed E-state index contributed by atoms with van der Waals surface area (Å²) in [4.78, 5) is 11.4. The highest BCUT2D eigenvalue weighted by molar-refractivity contribution is 5.81. The summed E-state index contributed by atoms with van der Waals surface area (Å²) in [7, 11) is 0. The number of ether oxygens (including phenoxy) is 1. The van der Waals surface area contributed by atoms with Gasteiger partial charge in [-0.3, -0.25) is 4.79 Å². The van der Waals surface area contributed by atoms with Gasteiger partial charge in [-0.05, 0) is 12.3 Å². The van der Waals surface area contributed by atoms with Crippen LogP contribution in [0.5, 0.6) is 0 Å². The molecule has 0 aliphatic carbocycles. The number of hydrogen-bond acceptors (Lipinski definition) is 3. The van der Waals surface area contributed by atoms with Gasteiger partial charge in [0.2, 0.25) is 5.91 Å². The van der Waals surface area contributed by atoms with Gasteiger partial charge in [0.25, 0.3) is 0 Å². The standard InChI is InChI=1S/C9H14N2O2/c1-7-3-6-13-8(7)9(12)11-5-2-4-10/h7-8H,2-3,5-6H2,1H3,(H,11,12). The lowest BCUT2D eigenvalue weighted by molar-refractivity contribution is -0.131. The minimum absolute atomic E-state index is 0.0831. The van der Waals surface area contributed by atoms with Crippen molar-refractivity contribution in [1.29, 1.82) is 5.26 Å². The van der Waals surface area contributed by atoms with E-state index in [0.717, 1.165) is 6.42 Å². The highest BCUT2D eigenvalue weighted by Crippen LogP contribution is 2.19. The highest BCUT2D eigenvalue weighted by atomic mass is 16.5. The molecule has 4 nitrogen and oxygen atoms in total. The fourth-order valence-corrected chi connectivity index (χ4v) is 1.37. The van der Waals surface area contributed by atoms with E-state index in [1.807, 2.05) is 13.0 Å². The lowest BCUT2D eigenvalue weighted by Gasteiger charge is -2.13. The normalized spacial score (nSPS) is 26.8. The van der Waals surface area contributed by atoms with Gasteiger partial charge in [-0.15, -0.1) is 0 Å². The third kappa shape index (κ3) is 2.71. The molecule has 1 aliphatic heterocycles. The maximum Gasteiger partial charge on any atom is 0.249 e. The van der Waals surface area contributed by atoms with Crippen molar-refractivity contribution in [2.75, 3.05) is 13.2 Å². The van der Waals surface area contributed by atoms with Crippen LogP contribution < -0.4 is 5.32 Å². The first kappa shape index (κ1) is 10.0. The van der Waals surface area contributed by atoms with Crippen LogP contribution in [0.2, 0.25) is 0 Å². The first-order chi connectivity index (χ1) is 6.25. The van der Waals surface area contributed by atoms with Crippen molar-refractivity contribution in [3.8, 4) is 6.07 Å². The summed E-state index contributed by atoms with van der Waals surface area (Å²) in [6, 6.07) is 1.97. The number of nitriles is 1. The molecule has 1 rings (SSSR count). The van der Waals surface area contributed by atoms with Crippen LogP contribution in [-0.2, 0) is 9.53 Å². The lowest BCUT2D eigenvalue weighted by atomic mass is 10.0. The zero-order valence-corrected chi connectivity index (χ0v) is 7.75. The molecule has 1 amide bonds. The largest absolute Gasteiger partial charge is 0.368 e. The van der Waals surface area contributed by atoms with Gasteiger partial charge >= 0.3 is 0 Å². The molecule has 0 aromatic rings. The molecular formula is C9H14N2O2. The van der Waals surface area contributed by atoms with Gasteiger partial charge in [0.15, 0.2) is 0 Å². The minimum atomic E-state index is -0.307. The van der Waals surface area contributed by atoms with Crippen LogP contribution in [0, 0.1) is 17.2 Å². The monoisotopic (exact) mass is 182 g/mol. The van der Waals surface area contributed by atoms with Crippen LogP contribution in [-0.4, -0.2) is 25.2 Å². The molecule has 0 bridgehead atoms. The molecule has 0 aromatic heterocycles. The van der Waals surface area contributed by atoms with E-state index in [9.17, 15) is 4.79 Å². The second-order valence-electron chi connectivity index (χ2n) is 3.26. The fraction of sp³-hybridized carbons (Fsp3) is 0.778. The van der Waals surface area contributed by atoms with Gasteiger partial charge in [-0.25, -0.2) is 0 Å². The summed E-state index contributed by atoms with van der Waals surface area (Å²) in [5.74, 6) is 0.210. The summed E-state index contributed by atoms with van der Waals surface area (Å²) in [6.07, 6.45) is 0.988. The summed E-state index contributed by atoms with van der Waals surface area (Å²) in [6.45, 7) is 3.08. The van der Waals surface area contributed by atoms with Crippen LogP contribution in [0.4, 0.5) is 0 Å². The number of rotatable bonds is 3. The fourth-order valence-electron chi connectivity index (χ4n) is 1.37. The predicted octanol–water partition coefficient (Wildman–Crippen LogP) is 0.441. The van der Waals surface area contributed by atoms with Gasteiger partial charge in [0, 0.05) is 13.2 Å². The average molecular weight is 182 g/mol. The van der Waals surface area contributed by atoms with Crippen molar-refractivity contribution >= 4 is 5.91 Å². The first-order valence-electron chi connectivity index (χ1n) is 4.52. The van der Waals surface area contributed by atoms with Gasteiger partial charge in [-0.2, -0.15) is 5.26 Å². The van der Waals surface area contributed by atoms with Crippen LogP contribution in [0.25, 0.3) is 0 Å². The van der Waals surface area contributed by atoms with Crippen molar-refractivity contribution in [2.45, 2.75) is 25.9 Å². The van der Waals surface area contributed by atoms with E-state index in [1.54, 1.807) is 0 Å². The Balaban J connectivity index is 2.27. The van der Waals surface area contributed by atoms with E-state index in [1.165, 1.54) is 0 Å². The number of carbonyl (C=O) groups excluding carboxylic acids is 1. The lowest BCUT2D eigenvalue weighted by Crippen LogP contribution is -2.37. The smallest absolute Gasteiger partial charge is 0.249 e. The van der Waals surface area contributed by atoms with Crippen LogP contribution in [0.1, 0.15) is 19.8 Å². The summed E-state index contributed by atoms with van der Waals surface area (Å²) in [5.41, 5.74) is 0. The zero-order valence-electron chi connectivity index (χ0n) is 7.75. The van der Waals surface area contributed by atoms with Crippen molar-refractivity contribution < 1.29 is 9.53 Å². The molecule has 0 aromatic carbocycles. The molecular weight excluding hydrogens is 168 g/mol. The third-order valence-electron chi connectivity index (χ3n) is 2.18. The molecule has 4 heteroatoms. The molecule has 0 radical (unpaired) electrons. The molecule has 1 fully saturated rings. The first-order valence-corrected chi connectivity index (χ1v) is 4.52. The Labute approximate surface area is 77.9 Å². The molecule has 1 heterocycles. The maximum absolute atomic E-state index is 11.4. The number of carbonyl (C=O) groups is 1. The predicted molar refractivity (Wildman–Crippen MR) is 46.8 cm³/mol. The van der Waals surface area contributed by atoms with Gasteiger partial charge in [0.1, 0.15) is 6.10 Å². The minimum Gasteiger partial charge on any atom is -0.368 e. The van der Waals surface area contributed by atoms with E-state index in [0.29, 0.717) is 25.5 Å². The van der Waals surface area contributed by atoms with Crippen LogP contribution in [0.3, 0.4) is 0 Å². The second kappa shape index (κ2) is 4.83. The Bertz CT molecular complexity index is 222. The topological polar surface area (TPSA) is 62.1 Å². The van der Waals surface area contributed by atoms with Crippen LogP contribution >= 0.6 is 0 Å². The molecule has 13 heavy (non-hydrogen) atoms. The third-order valence-corrected chi connectivity index (χ3v) is 2.18. The summed E-state index contributed by atoms with van der Waals surface area (Å²) in [5, 5.41) is 10.9. The molecule has 1 aliphatic rings. The number of nitrogens with zero attached hydrogens (tertiary/aromatic N) is 1. The number of amides is 1. The van der Waals surface area contributed by atoms with E-state index in [-0.39, 0.29) is 12.0 Å². The molecule has 1 N–H and O–H groups in total. The number of nitrogens with one attached hydrogen (secondary N) is 1. The van der Waals surface area contributed by atoms with Crippen molar-refractivity contribution in [3.05, 3.63) is 0 Å². The maximum atomic E-state index is 11.4. The summed E-state index contributed by atoms with van der Waals surface area (Å²) < 4.78 is 5.26. The van der Waals surface area contributed by atoms with Gasteiger partial charge < -0.3 is 10.1 Å². The quantitative estimate of drug-likeness (QED) is 0.644. The average Bonchev–Trinajstić information content (AvgIpc) is 2.52. The Kier molecular flexibility index (Phi) is 3.71. The SMILES string of the molecule is CC1CCOC1C(=O)NCCC#N. The Hall–Kier alpha value is -1.08. The Morgan fingerprint density at radius 3 is 3.08 bits per heavy atom. The molecule has 1 saturated heterocycles. The van der Waals surface area contributed by atoms with Crippen molar-refractivity contribution in [3.63, 3.8) is 0 Å². The van der Waals surface area contributed by atoms with E-state index in [4.69, 9.17) is 10.00 Å². The highest BCUT2D eigenvalue weighted by Gasteiger charge is 2.30. The van der Waals surface area contributed by atoms with Crippen molar-refractivity contribution in [2.24, 2.45) is 5.92 Å². The van der Waals surface area contributed by atoms with Crippen LogP contribution in [0.15, 0.2) is 0 Å². The van der Waals surface area contributed by atoms with Gasteiger partial charge in [0.05, 0.1) is 12.5 Å². The molecule has 0 spiro atoms. The van der Waals surface area contributed by atoms with E-state index >= 15 is 0 Å². The molecule has 72 valence electrons. The van der Waals surface area contributed by atoms with Gasteiger partial charge in [-0.1, -0.05) is 6.92 Å². The number of hydrogen-bond donors (Lipinski definition) is 1. The Morgan fingerprint density at radius 1 is 1.77 bits per heavy atom. The van der Waals surface area contributed by atoms with Crippen molar-refractivity contribution in [1.82, 2.24) is 5.32 Å². The van der Waals surface area contributed by atoms with E-state index in [2.05, 4.69) is 5.32 Å². The molecule has 2 unspecified atom stereocenters. The molecule has 2 atom stereocenters.